The molecule has 2 aromatic heterocycles. The molecule has 0 amide bonds. The third-order valence-electron chi connectivity index (χ3n) is 4.39. The second kappa shape index (κ2) is 7.21. The molecule has 27 heavy (non-hydrogen) atoms. The molecule has 134 valence electrons. The molecule has 0 unspecified atom stereocenters. The van der Waals surface area contributed by atoms with Gasteiger partial charge in [-0.1, -0.05) is 42.8 Å². The molecule has 4 aromatic rings. The van der Waals surface area contributed by atoms with Crippen LogP contribution in [-0.2, 0) is 6.42 Å². The summed E-state index contributed by atoms with van der Waals surface area (Å²) in [4.78, 5) is 24.3. The van der Waals surface area contributed by atoms with Gasteiger partial charge in [0.25, 0.3) is 5.56 Å². The topological polar surface area (TPSA) is 70.7 Å². The SMILES string of the molecule is CCc1ccc(Nc2nc3nccc(-c4ccc(Cl)cc4)c3c(=O)[nH]2)cc1. The fourth-order valence-electron chi connectivity index (χ4n) is 2.95. The average molecular weight is 377 g/mol. The van der Waals surface area contributed by atoms with Gasteiger partial charge in [0.2, 0.25) is 5.95 Å². The van der Waals surface area contributed by atoms with Crippen LogP contribution in [0.25, 0.3) is 22.2 Å². The van der Waals surface area contributed by atoms with Crippen LogP contribution in [0, 0.1) is 0 Å². The van der Waals surface area contributed by atoms with Gasteiger partial charge in [0.05, 0.1) is 5.39 Å². The van der Waals surface area contributed by atoms with Crippen molar-refractivity contribution in [3.8, 4) is 11.1 Å². The van der Waals surface area contributed by atoms with Gasteiger partial charge in [0.1, 0.15) is 0 Å². The van der Waals surface area contributed by atoms with Crippen LogP contribution in [0.15, 0.2) is 65.6 Å². The Balaban J connectivity index is 1.76. The Morgan fingerprint density at radius 3 is 2.48 bits per heavy atom. The number of rotatable bonds is 4. The molecule has 0 aliphatic heterocycles. The first-order chi connectivity index (χ1) is 13.1. The molecule has 5 nitrogen and oxygen atoms in total. The van der Waals surface area contributed by atoms with Crippen LogP contribution in [-0.4, -0.2) is 15.0 Å². The monoisotopic (exact) mass is 376 g/mol. The molecule has 2 heterocycles. The first kappa shape index (κ1) is 17.2. The molecule has 0 saturated carbocycles. The Morgan fingerprint density at radius 1 is 1.04 bits per heavy atom. The van der Waals surface area contributed by atoms with Gasteiger partial charge >= 0.3 is 0 Å². The predicted octanol–water partition coefficient (Wildman–Crippen LogP) is 4.94. The third-order valence-corrected chi connectivity index (χ3v) is 4.64. The van der Waals surface area contributed by atoms with Crippen LogP contribution in [0.3, 0.4) is 0 Å². The van der Waals surface area contributed by atoms with E-state index in [1.165, 1.54) is 5.56 Å². The van der Waals surface area contributed by atoms with Crippen molar-refractivity contribution in [2.75, 3.05) is 5.32 Å². The second-order valence-corrected chi connectivity index (χ2v) is 6.59. The van der Waals surface area contributed by atoms with Crippen LogP contribution in [0.4, 0.5) is 11.6 Å². The molecular weight excluding hydrogens is 360 g/mol. The quantitative estimate of drug-likeness (QED) is 0.529. The van der Waals surface area contributed by atoms with E-state index >= 15 is 0 Å². The highest BCUT2D eigenvalue weighted by atomic mass is 35.5. The molecule has 0 atom stereocenters. The van der Waals surface area contributed by atoms with E-state index in [9.17, 15) is 4.79 Å². The number of H-pyrrole nitrogens is 1. The van der Waals surface area contributed by atoms with Crippen LogP contribution in [0.5, 0.6) is 0 Å². The van der Waals surface area contributed by atoms with E-state index in [0.29, 0.717) is 22.0 Å². The lowest BCUT2D eigenvalue weighted by Crippen LogP contribution is -2.13. The zero-order valence-electron chi connectivity index (χ0n) is 14.7. The van der Waals surface area contributed by atoms with E-state index < -0.39 is 0 Å². The summed E-state index contributed by atoms with van der Waals surface area (Å²) in [5.74, 6) is 0.359. The number of nitrogens with zero attached hydrogens (tertiary/aromatic N) is 2. The Bertz CT molecular complexity index is 1150. The molecule has 0 radical (unpaired) electrons. The first-order valence-corrected chi connectivity index (χ1v) is 9.03. The van der Waals surface area contributed by atoms with E-state index in [-0.39, 0.29) is 5.56 Å². The van der Waals surface area contributed by atoms with Crippen LogP contribution < -0.4 is 10.9 Å². The van der Waals surface area contributed by atoms with Gasteiger partial charge in [0.15, 0.2) is 5.65 Å². The smallest absolute Gasteiger partial charge is 0.262 e. The predicted molar refractivity (Wildman–Crippen MR) is 110 cm³/mol. The number of fused-ring (bicyclic) bond motifs is 1. The van der Waals surface area contributed by atoms with Gasteiger partial charge in [-0.15, -0.1) is 0 Å². The molecule has 0 fully saturated rings. The van der Waals surface area contributed by atoms with Crippen molar-refractivity contribution in [2.45, 2.75) is 13.3 Å². The highest BCUT2D eigenvalue weighted by Crippen LogP contribution is 2.26. The van der Waals surface area contributed by atoms with Crippen molar-refractivity contribution in [1.29, 1.82) is 0 Å². The van der Waals surface area contributed by atoms with E-state index in [4.69, 9.17) is 11.6 Å². The van der Waals surface area contributed by atoms with Crippen LogP contribution in [0.2, 0.25) is 5.02 Å². The normalized spacial score (nSPS) is 10.9. The standard InChI is InChI=1S/C21H17ClN4O/c1-2-13-3-9-16(10-4-13)24-21-25-19-18(20(27)26-21)17(11-12-23-19)14-5-7-15(22)8-6-14/h3-12H,2H2,1H3,(H2,23,24,25,26,27). The Hall–Kier alpha value is -3.18. The summed E-state index contributed by atoms with van der Waals surface area (Å²) in [5, 5.41) is 4.22. The molecule has 4 rings (SSSR count). The number of pyridine rings is 1. The average Bonchev–Trinajstić information content (AvgIpc) is 2.69. The minimum absolute atomic E-state index is 0.245. The van der Waals surface area contributed by atoms with E-state index in [2.05, 4.69) is 27.2 Å². The zero-order valence-corrected chi connectivity index (χ0v) is 15.4. The van der Waals surface area contributed by atoms with Gasteiger partial charge < -0.3 is 5.32 Å². The van der Waals surface area contributed by atoms with Crippen molar-refractivity contribution >= 4 is 34.3 Å². The lowest BCUT2D eigenvalue weighted by atomic mass is 10.0. The number of anilines is 2. The number of aromatic nitrogens is 3. The third kappa shape index (κ3) is 3.55. The fraction of sp³-hybridized carbons (Fsp3) is 0.0952. The number of hydrogen-bond donors (Lipinski definition) is 2. The molecule has 0 aliphatic carbocycles. The Morgan fingerprint density at radius 2 is 1.78 bits per heavy atom. The first-order valence-electron chi connectivity index (χ1n) is 8.65. The maximum atomic E-state index is 12.7. The molecule has 6 heteroatoms. The minimum Gasteiger partial charge on any atom is -0.326 e. The summed E-state index contributed by atoms with van der Waals surface area (Å²) in [6, 6.07) is 17.1. The van der Waals surface area contributed by atoms with Crippen molar-refractivity contribution < 1.29 is 0 Å². The summed E-state index contributed by atoms with van der Waals surface area (Å²) in [5.41, 5.74) is 3.89. The molecule has 0 spiro atoms. The number of nitrogens with one attached hydrogen (secondary N) is 2. The number of hydrogen-bond acceptors (Lipinski definition) is 4. The number of benzene rings is 2. The van der Waals surface area contributed by atoms with Crippen molar-refractivity contribution in [2.24, 2.45) is 0 Å². The van der Waals surface area contributed by atoms with Crippen LogP contribution in [0.1, 0.15) is 12.5 Å². The zero-order chi connectivity index (χ0) is 18.8. The largest absolute Gasteiger partial charge is 0.326 e. The summed E-state index contributed by atoms with van der Waals surface area (Å²) in [7, 11) is 0. The highest BCUT2D eigenvalue weighted by Gasteiger charge is 2.11. The molecule has 2 N–H and O–H groups in total. The maximum Gasteiger partial charge on any atom is 0.262 e. The fourth-order valence-corrected chi connectivity index (χ4v) is 3.08. The lowest BCUT2D eigenvalue weighted by molar-refractivity contribution is 1.13. The lowest BCUT2D eigenvalue weighted by Gasteiger charge is -2.09. The molecule has 0 saturated heterocycles. The number of aromatic amines is 1. The van der Waals surface area contributed by atoms with E-state index in [0.717, 1.165) is 23.2 Å². The van der Waals surface area contributed by atoms with Gasteiger partial charge in [-0.2, -0.15) is 4.98 Å². The molecule has 2 aromatic carbocycles. The van der Waals surface area contributed by atoms with E-state index in [1.54, 1.807) is 24.4 Å². The Labute approximate surface area is 161 Å². The Kier molecular flexibility index (Phi) is 4.60. The molecule has 0 bridgehead atoms. The number of halogens is 1. The maximum absolute atomic E-state index is 12.7. The van der Waals surface area contributed by atoms with Gasteiger partial charge in [-0.3, -0.25) is 9.78 Å². The van der Waals surface area contributed by atoms with Crippen molar-refractivity contribution in [3.05, 3.63) is 81.7 Å². The molecular formula is C21H17ClN4O. The van der Waals surface area contributed by atoms with Gasteiger partial charge in [-0.25, -0.2) is 4.98 Å². The van der Waals surface area contributed by atoms with E-state index in [1.807, 2.05) is 36.4 Å². The second-order valence-electron chi connectivity index (χ2n) is 6.15. The summed E-state index contributed by atoms with van der Waals surface area (Å²) in [6.07, 6.45) is 2.63. The van der Waals surface area contributed by atoms with Gasteiger partial charge in [-0.05, 0) is 53.4 Å². The van der Waals surface area contributed by atoms with Crippen LogP contribution >= 0.6 is 11.6 Å². The molecule has 0 aliphatic rings. The van der Waals surface area contributed by atoms with Crippen molar-refractivity contribution in [3.63, 3.8) is 0 Å². The summed E-state index contributed by atoms with van der Waals surface area (Å²) < 4.78 is 0. The summed E-state index contributed by atoms with van der Waals surface area (Å²) in [6.45, 7) is 2.11. The van der Waals surface area contributed by atoms with Crippen molar-refractivity contribution in [1.82, 2.24) is 15.0 Å². The summed E-state index contributed by atoms with van der Waals surface area (Å²) >= 11 is 5.96. The minimum atomic E-state index is -0.245. The number of aryl methyl sites for hydroxylation is 1. The highest BCUT2D eigenvalue weighted by molar-refractivity contribution is 6.30. The van der Waals surface area contributed by atoms with Gasteiger partial charge in [0, 0.05) is 16.9 Å².